The maximum absolute atomic E-state index is 12.4. The van der Waals surface area contributed by atoms with E-state index < -0.39 is 0 Å². The number of carbonyl (C=O) groups is 1. The Labute approximate surface area is 148 Å². The van der Waals surface area contributed by atoms with Gasteiger partial charge in [-0.25, -0.2) is 4.79 Å². The standard InChI is InChI=1S/C19H26N4O2/c1-22(13-16-9-5-6-10-18(16)24)19(25)21-17-11-20-23(14-17)12-15-7-3-2-4-8-15/h2-4,7-8,11,14,16,18,24H,5-6,9-10,12-13H2,1H3,(H,21,25). The third-order valence-corrected chi connectivity index (χ3v) is 4.80. The molecule has 6 nitrogen and oxygen atoms in total. The van der Waals surface area contributed by atoms with Crippen molar-refractivity contribution in [2.45, 2.75) is 38.3 Å². The van der Waals surface area contributed by atoms with Crippen LogP contribution >= 0.6 is 0 Å². The monoisotopic (exact) mass is 342 g/mol. The first-order valence-electron chi connectivity index (χ1n) is 8.88. The molecule has 3 rings (SSSR count). The van der Waals surface area contributed by atoms with Crippen molar-refractivity contribution in [2.24, 2.45) is 5.92 Å². The van der Waals surface area contributed by atoms with E-state index in [9.17, 15) is 9.90 Å². The Balaban J connectivity index is 1.52. The van der Waals surface area contributed by atoms with Crippen LogP contribution in [0.25, 0.3) is 0 Å². The number of rotatable bonds is 5. The molecule has 2 aromatic rings. The van der Waals surface area contributed by atoms with Crippen LogP contribution in [0.5, 0.6) is 0 Å². The molecule has 1 aliphatic rings. The van der Waals surface area contributed by atoms with Crippen LogP contribution in [0.2, 0.25) is 0 Å². The Kier molecular flexibility index (Phi) is 5.71. The molecule has 1 aromatic heterocycles. The fourth-order valence-electron chi connectivity index (χ4n) is 3.34. The Morgan fingerprint density at radius 2 is 2.08 bits per heavy atom. The van der Waals surface area contributed by atoms with Gasteiger partial charge in [-0.15, -0.1) is 0 Å². The van der Waals surface area contributed by atoms with Crippen molar-refractivity contribution in [3.63, 3.8) is 0 Å². The van der Waals surface area contributed by atoms with Gasteiger partial charge in [-0.1, -0.05) is 43.2 Å². The summed E-state index contributed by atoms with van der Waals surface area (Å²) in [6.07, 6.45) is 7.22. The zero-order chi connectivity index (χ0) is 17.6. The first-order valence-corrected chi connectivity index (χ1v) is 8.88. The van der Waals surface area contributed by atoms with Crippen molar-refractivity contribution in [3.8, 4) is 0 Å². The molecule has 2 unspecified atom stereocenters. The van der Waals surface area contributed by atoms with Gasteiger partial charge in [0.25, 0.3) is 0 Å². The van der Waals surface area contributed by atoms with Crippen LogP contribution in [0.1, 0.15) is 31.2 Å². The quantitative estimate of drug-likeness (QED) is 0.878. The molecule has 1 aliphatic carbocycles. The fraction of sp³-hybridized carbons (Fsp3) is 0.474. The molecule has 2 N–H and O–H groups in total. The van der Waals surface area contributed by atoms with Crippen LogP contribution in [0.3, 0.4) is 0 Å². The summed E-state index contributed by atoms with van der Waals surface area (Å²) in [6, 6.07) is 9.90. The first-order chi connectivity index (χ1) is 12.1. The first kappa shape index (κ1) is 17.5. The molecule has 0 spiro atoms. The van der Waals surface area contributed by atoms with Gasteiger partial charge in [-0.3, -0.25) is 4.68 Å². The molecule has 6 heteroatoms. The number of urea groups is 1. The van der Waals surface area contributed by atoms with Gasteiger partial charge in [0.2, 0.25) is 0 Å². The van der Waals surface area contributed by atoms with Crippen LogP contribution in [-0.4, -0.2) is 45.5 Å². The number of nitrogens with one attached hydrogen (secondary N) is 1. The van der Waals surface area contributed by atoms with Crippen LogP contribution < -0.4 is 5.32 Å². The van der Waals surface area contributed by atoms with Gasteiger partial charge in [0.15, 0.2) is 0 Å². The van der Waals surface area contributed by atoms with Gasteiger partial charge < -0.3 is 15.3 Å². The van der Waals surface area contributed by atoms with Crippen molar-refractivity contribution in [1.82, 2.24) is 14.7 Å². The van der Waals surface area contributed by atoms with Gasteiger partial charge in [-0.05, 0) is 18.4 Å². The topological polar surface area (TPSA) is 70.4 Å². The second-order valence-electron chi connectivity index (χ2n) is 6.83. The van der Waals surface area contributed by atoms with Gasteiger partial charge in [0, 0.05) is 25.7 Å². The number of carbonyl (C=O) groups excluding carboxylic acids is 1. The summed E-state index contributed by atoms with van der Waals surface area (Å²) < 4.78 is 1.80. The zero-order valence-corrected chi connectivity index (χ0v) is 14.6. The Bertz CT molecular complexity index is 686. The summed E-state index contributed by atoms with van der Waals surface area (Å²) in [6.45, 7) is 1.24. The molecule has 0 saturated heterocycles. The Hall–Kier alpha value is -2.34. The SMILES string of the molecule is CN(CC1CCCCC1O)C(=O)Nc1cnn(Cc2ccccc2)c1. The minimum atomic E-state index is -0.294. The molecule has 0 bridgehead atoms. The zero-order valence-electron chi connectivity index (χ0n) is 14.6. The maximum Gasteiger partial charge on any atom is 0.321 e. The summed E-state index contributed by atoms with van der Waals surface area (Å²) in [7, 11) is 1.77. The highest BCUT2D eigenvalue weighted by Gasteiger charge is 2.25. The smallest absolute Gasteiger partial charge is 0.321 e. The fourth-order valence-corrected chi connectivity index (χ4v) is 3.34. The number of anilines is 1. The van der Waals surface area contributed by atoms with E-state index in [0.29, 0.717) is 18.8 Å². The minimum Gasteiger partial charge on any atom is -0.393 e. The van der Waals surface area contributed by atoms with Crippen molar-refractivity contribution >= 4 is 11.7 Å². The molecule has 25 heavy (non-hydrogen) atoms. The Morgan fingerprint density at radius 3 is 2.84 bits per heavy atom. The molecule has 1 heterocycles. The van der Waals surface area contributed by atoms with E-state index in [2.05, 4.69) is 10.4 Å². The highest BCUT2D eigenvalue weighted by molar-refractivity contribution is 5.88. The van der Waals surface area contributed by atoms with Crippen molar-refractivity contribution < 1.29 is 9.90 Å². The number of benzene rings is 1. The predicted molar refractivity (Wildman–Crippen MR) is 97.4 cm³/mol. The van der Waals surface area contributed by atoms with E-state index in [0.717, 1.165) is 31.2 Å². The van der Waals surface area contributed by atoms with Crippen LogP contribution in [0.4, 0.5) is 10.5 Å². The minimum absolute atomic E-state index is 0.169. The Morgan fingerprint density at radius 1 is 1.32 bits per heavy atom. The van der Waals surface area contributed by atoms with E-state index in [-0.39, 0.29) is 18.1 Å². The number of hydrogen-bond acceptors (Lipinski definition) is 3. The number of hydrogen-bond donors (Lipinski definition) is 2. The number of aromatic nitrogens is 2. The van der Waals surface area contributed by atoms with Gasteiger partial charge >= 0.3 is 6.03 Å². The van der Waals surface area contributed by atoms with Crippen molar-refractivity contribution in [3.05, 3.63) is 48.3 Å². The summed E-state index contributed by atoms with van der Waals surface area (Å²) >= 11 is 0. The molecule has 134 valence electrons. The summed E-state index contributed by atoms with van der Waals surface area (Å²) in [4.78, 5) is 14.0. The molecule has 2 atom stereocenters. The molecule has 2 amide bonds. The van der Waals surface area contributed by atoms with Gasteiger partial charge in [-0.2, -0.15) is 5.10 Å². The maximum atomic E-state index is 12.4. The predicted octanol–water partition coefficient (Wildman–Crippen LogP) is 2.95. The van der Waals surface area contributed by atoms with E-state index in [1.165, 1.54) is 0 Å². The highest BCUT2D eigenvalue weighted by Crippen LogP contribution is 2.25. The normalized spacial score (nSPS) is 20.2. The van der Waals surface area contributed by atoms with Gasteiger partial charge in [0.05, 0.1) is 24.5 Å². The van der Waals surface area contributed by atoms with Crippen LogP contribution in [0, 0.1) is 5.92 Å². The molecular weight excluding hydrogens is 316 g/mol. The average Bonchev–Trinajstić information content (AvgIpc) is 3.04. The lowest BCUT2D eigenvalue weighted by Crippen LogP contribution is -2.39. The lowest BCUT2D eigenvalue weighted by atomic mass is 9.86. The van der Waals surface area contributed by atoms with Gasteiger partial charge in [0.1, 0.15) is 0 Å². The summed E-state index contributed by atoms with van der Waals surface area (Å²) in [5.41, 5.74) is 1.84. The van der Waals surface area contributed by atoms with E-state index >= 15 is 0 Å². The van der Waals surface area contributed by atoms with E-state index in [4.69, 9.17) is 0 Å². The van der Waals surface area contributed by atoms with Crippen molar-refractivity contribution in [1.29, 1.82) is 0 Å². The van der Waals surface area contributed by atoms with Crippen molar-refractivity contribution in [2.75, 3.05) is 18.9 Å². The second kappa shape index (κ2) is 8.16. The number of amides is 2. The van der Waals surface area contributed by atoms with E-state index in [1.54, 1.807) is 22.8 Å². The third-order valence-electron chi connectivity index (χ3n) is 4.80. The molecule has 0 radical (unpaired) electrons. The van der Waals surface area contributed by atoms with E-state index in [1.807, 2.05) is 36.5 Å². The molecule has 1 fully saturated rings. The largest absolute Gasteiger partial charge is 0.393 e. The highest BCUT2D eigenvalue weighted by atomic mass is 16.3. The molecular formula is C19H26N4O2. The molecule has 0 aliphatic heterocycles. The van der Waals surface area contributed by atoms with Crippen LogP contribution in [-0.2, 0) is 6.54 Å². The molecule has 1 aromatic carbocycles. The average molecular weight is 342 g/mol. The number of aliphatic hydroxyl groups is 1. The van der Waals surface area contributed by atoms with Crippen LogP contribution in [0.15, 0.2) is 42.7 Å². The lowest BCUT2D eigenvalue weighted by Gasteiger charge is -2.31. The lowest BCUT2D eigenvalue weighted by molar-refractivity contribution is 0.0575. The second-order valence-corrected chi connectivity index (χ2v) is 6.83. The summed E-state index contributed by atoms with van der Waals surface area (Å²) in [5.74, 6) is 0.172. The summed E-state index contributed by atoms with van der Waals surface area (Å²) in [5, 5.41) is 17.2. The third kappa shape index (κ3) is 4.82. The molecule has 1 saturated carbocycles. The number of nitrogens with zero attached hydrogens (tertiary/aromatic N) is 3. The number of aliphatic hydroxyl groups excluding tert-OH is 1.